The van der Waals surface area contributed by atoms with Gasteiger partial charge in [0.1, 0.15) is 0 Å². The van der Waals surface area contributed by atoms with E-state index in [1.807, 2.05) is 21.8 Å². The van der Waals surface area contributed by atoms with Crippen LogP contribution < -0.4 is 5.44 Å². The smallest absolute Gasteiger partial charge is 0.150 e. The Morgan fingerprint density at radius 1 is 1.24 bits per heavy atom. The molecule has 154 valence electrons. The van der Waals surface area contributed by atoms with Gasteiger partial charge < -0.3 is 9.64 Å². The maximum atomic E-state index is 14.1. The van der Waals surface area contributed by atoms with E-state index in [9.17, 15) is 4.39 Å². The van der Waals surface area contributed by atoms with Crippen LogP contribution in [0.4, 0.5) is 4.39 Å². The molecular weight excluding hydrogens is 390 g/mol. The quantitative estimate of drug-likeness (QED) is 0.574. The van der Waals surface area contributed by atoms with Gasteiger partial charge in [0, 0.05) is 36.4 Å². The van der Waals surface area contributed by atoms with Crippen LogP contribution in [0.2, 0.25) is 0 Å². The predicted molar refractivity (Wildman–Crippen MR) is 113 cm³/mol. The van der Waals surface area contributed by atoms with Crippen molar-refractivity contribution in [1.82, 2.24) is 29.4 Å². The zero-order valence-electron chi connectivity index (χ0n) is 16.8. The number of halogens is 1. The lowest BCUT2D eigenvalue weighted by Crippen LogP contribution is -2.15. The molecule has 4 heterocycles. The Bertz CT molecular complexity index is 999. The minimum atomic E-state index is -0.364. The third-order valence-electron chi connectivity index (χ3n) is 5.07. The number of ether oxygens (including phenoxy) is 1. The highest BCUT2D eigenvalue weighted by Crippen LogP contribution is 2.29. The number of pyridine rings is 1. The highest BCUT2D eigenvalue weighted by atomic mass is 31.0. The van der Waals surface area contributed by atoms with Gasteiger partial charge in [0.05, 0.1) is 48.1 Å². The molecule has 0 saturated carbocycles. The fraction of sp³-hybridized carbons (Fsp3) is 0.450. The number of nitrogens with zero attached hydrogens (tertiary/aromatic N) is 6. The zero-order valence-corrected chi connectivity index (χ0v) is 18.0. The van der Waals surface area contributed by atoms with E-state index >= 15 is 0 Å². The average molecular weight is 416 g/mol. The lowest BCUT2D eigenvalue weighted by molar-refractivity contribution is 0.145. The molecule has 9 heteroatoms. The minimum Gasteiger partial charge on any atom is -0.381 e. The van der Waals surface area contributed by atoms with Crippen molar-refractivity contribution in [2.75, 3.05) is 33.9 Å². The molecule has 0 aromatic carbocycles. The number of rotatable bonds is 6. The van der Waals surface area contributed by atoms with Crippen LogP contribution in [0.15, 0.2) is 24.7 Å². The number of aryl methyl sites for hydroxylation is 1. The summed E-state index contributed by atoms with van der Waals surface area (Å²) in [6, 6.07) is 1.48. The van der Waals surface area contributed by atoms with E-state index in [1.165, 1.54) is 6.07 Å². The second-order valence-electron chi connectivity index (χ2n) is 7.51. The Hall–Kier alpha value is -2.15. The van der Waals surface area contributed by atoms with E-state index in [1.54, 1.807) is 6.20 Å². The van der Waals surface area contributed by atoms with Crippen molar-refractivity contribution >= 4 is 14.7 Å². The molecule has 0 amide bonds. The Labute approximate surface area is 172 Å². The summed E-state index contributed by atoms with van der Waals surface area (Å²) < 4.78 is 23.6. The van der Waals surface area contributed by atoms with E-state index in [0.29, 0.717) is 24.3 Å². The van der Waals surface area contributed by atoms with Crippen LogP contribution in [0, 0.1) is 5.82 Å². The van der Waals surface area contributed by atoms with Crippen molar-refractivity contribution < 1.29 is 9.13 Å². The fourth-order valence-corrected chi connectivity index (χ4v) is 3.76. The first-order valence-electron chi connectivity index (χ1n) is 9.80. The van der Waals surface area contributed by atoms with E-state index in [4.69, 9.17) is 9.84 Å². The van der Waals surface area contributed by atoms with Crippen molar-refractivity contribution in [2.45, 2.75) is 25.8 Å². The van der Waals surface area contributed by atoms with Gasteiger partial charge in [-0.1, -0.05) is 9.24 Å². The first-order valence-corrected chi connectivity index (χ1v) is 10.4. The molecule has 0 radical (unpaired) electrons. The van der Waals surface area contributed by atoms with Gasteiger partial charge >= 0.3 is 0 Å². The maximum Gasteiger partial charge on any atom is 0.150 e. The molecular formula is C20H26FN6OP. The second-order valence-corrected chi connectivity index (χ2v) is 8.05. The Kier molecular flexibility index (Phi) is 6.04. The normalized spacial score (nSPS) is 14.2. The Morgan fingerprint density at radius 2 is 2.07 bits per heavy atom. The van der Waals surface area contributed by atoms with Crippen molar-refractivity contribution in [1.29, 1.82) is 0 Å². The molecule has 1 atom stereocenters. The van der Waals surface area contributed by atoms with E-state index in [-0.39, 0.29) is 5.82 Å². The zero-order chi connectivity index (χ0) is 20.4. The topological polar surface area (TPSA) is 61.0 Å². The van der Waals surface area contributed by atoms with Gasteiger partial charge in [-0.15, -0.1) is 0 Å². The molecule has 0 aliphatic carbocycles. The molecule has 0 saturated heterocycles. The number of hydrogen-bond acceptors (Lipinski definition) is 5. The van der Waals surface area contributed by atoms with Crippen LogP contribution in [-0.4, -0.2) is 63.3 Å². The van der Waals surface area contributed by atoms with Gasteiger partial charge in [0.2, 0.25) is 0 Å². The average Bonchev–Trinajstić information content (AvgIpc) is 3.21. The number of aromatic nitrogens is 5. The molecule has 7 nitrogen and oxygen atoms in total. The summed E-state index contributed by atoms with van der Waals surface area (Å²) in [6.07, 6.45) is 8.08. The molecule has 4 rings (SSSR count). The van der Waals surface area contributed by atoms with Gasteiger partial charge in [0.15, 0.2) is 5.82 Å². The van der Waals surface area contributed by atoms with Crippen LogP contribution in [0.1, 0.15) is 17.7 Å². The monoisotopic (exact) mass is 416 g/mol. The Balaban J connectivity index is 1.70. The molecule has 29 heavy (non-hydrogen) atoms. The summed E-state index contributed by atoms with van der Waals surface area (Å²) in [5.41, 5.74) is 4.98. The molecule has 0 fully saturated rings. The van der Waals surface area contributed by atoms with Crippen LogP contribution >= 0.6 is 9.24 Å². The van der Waals surface area contributed by atoms with Crippen LogP contribution in [0.25, 0.3) is 16.9 Å². The Morgan fingerprint density at radius 3 is 2.86 bits per heavy atom. The SMILES string of the molecule is CN(C)CCCn1cc(-c2nn(-c3cnc(P)c(F)c3)c3c2CCOCC3)cn1. The standard InChI is InChI=1S/C20H26FN6OP/c1-25(2)6-3-7-26-13-14(11-23-26)19-16-4-8-28-9-5-18(16)27(24-19)15-10-17(21)20(29)22-12-15/h10-13H,3-9,29H2,1-2H3. The molecule has 1 aliphatic heterocycles. The van der Waals surface area contributed by atoms with Crippen LogP contribution in [0.5, 0.6) is 0 Å². The summed E-state index contributed by atoms with van der Waals surface area (Å²) in [5.74, 6) is -0.364. The third kappa shape index (κ3) is 4.39. The summed E-state index contributed by atoms with van der Waals surface area (Å²) in [4.78, 5) is 6.30. The predicted octanol–water partition coefficient (Wildman–Crippen LogP) is 1.84. The van der Waals surface area contributed by atoms with E-state index in [0.717, 1.165) is 54.9 Å². The van der Waals surface area contributed by atoms with Gasteiger partial charge in [-0.2, -0.15) is 10.2 Å². The maximum absolute atomic E-state index is 14.1. The highest BCUT2D eigenvalue weighted by molar-refractivity contribution is 7.26. The van der Waals surface area contributed by atoms with Crippen LogP contribution in [0.3, 0.4) is 0 Å². The lowest BCUT2D eigenvalue weighted by Gasteiger charge is -2.08. The summed E-state index contributed by atoms with van der Waals surface area (Å²) in [7, 11) is 6.44. The molecule has 1 aliphatic rings. The van der Waals surface area contributed by atoms with Gasteiger partial charge in [-0.05, 0) is 33.5 Å². The fourth-order valence-electron chi connectivity index (χ4n) is 3.61. The van der Waals surface area contributed by atoms with E-state index < -0.39 is 0 Å². The van der Waals surface area contributed by atoms with Gasteiger partial charge in [-0.3, -0.25) is 9.67 Å². The third-order valence-corrected chi connectivity index (χ3v) is 5.49. The van der Waals surface area contributed by atoms with Gasteiger partial charge in [-0.25, -0.2) is 9.07 Å². The van der Waals surface area contributed by atoms with Crippen molar-refractivity contribution in [2.24, 2.45) is 0 Å². The summed E-state index contributed by atoms with van der Waals surface area (Å²) in [5, 5.41) is 9.36. The lowest BCUT2D eigenvalue weighted by atomic mass is 10.1. The number of fused-ring (bicyclic) bond motifs is 1. The molecule has 3 aromatic rings. The molecule has 3 aromatic heterocycles. The van der Waals surface area contributed by atoms with Gasteiger partial charge in [0.25, 0.3) is 0 Å². The molecule has 0 bridgehead atoms. The van der Waals surface area contributed by atoms with Crippen LogP contribution in [-0.2, 0) is 24.1 Å². The highest BCUT2D eigenvalue weighted by Gasteiger charge is 2.23. The largest absolute Gasteiger partial charge is 0.381 e. The molecule has 1 unspecified atom stereocenters. The van der Waals surface area contributed by atoms with Crippen molar-refractivity contribution in [3.8, 4) is 16.9 Å². The van der Waals surface area contributed by atoms with E-state index in [2.05, 4.69) is 38.3 Å². The van der Waals surface area contributed by atoms with Crippen molar-refractivity contribution in [3.05, 3.63) is 41.7 Å². The summed E-state index contributed by atoms with van der Waals surface area (Å²) in [6.45, 7) is 3.15. The number of hydrogen-bond donors (Lipinski definition) is 0. The first kappa shape index (κ1) is 20.1. The molecule has 0 N–H and O–H groups in total. The van der Waals surface area contributed by atoms with Crippen molar-refractivity contribution in [3.63, 3.8) is 0 Å². The second kappa shape index (κ2) is 8.69. The summed E-state index contributed by atoms with van der Waals surface area (Å²) >= 11 is 0. The molecule has 0 spiro atoms. The minimum absolute atomic E-state index is 0.301. The first-order chi connectivity index (χ1) is 14.0.